The Kier molecular flexibility index (Phi) is 11.2. The van der Waals surface area contributed by atoms with Gasteiger partial charge in [0.2, 0.25) is 17.7 Å². The van der Waals surface area contributed by atoms with Crippen LogP contribution in [0, 0.1) is 0 Å². The van der Waals surface area contributed by atoms with Gasteiger partial charge in [-0.3, -0.25) is 14.4 Å². The zero-order valence-corrected chi connectivity index (χ0v) is 20.2. The van der Waals surface area contributed by atoms with Crippen molar-refractivity contribution >= 4 is 17.7 Å². The molecular weight excluding hydrogens is 448 g/mol. The fourth-order valence-electron chi connectivity index (χ4n) is 3.41. The predicted molar refractivity (Wildman–Crippen MR) is 133 cm³/mol. The minimum absolute atomic E-state index is 0.0709. The monoisotopic (exact) mass is 484 g/mol. The van der Waals surface area contributed by atoms with Crippen LogP contribution in [0.1, 0.15) is 37.8 Å². The largest absolute Gasteiger partial charge is 0.508 e. The van der Waals surface area contributed by atoms with Gasteiger partial charge in [-0.15, -0.1) is 0 Å². The van der Waals surface area contributed by atoms with E-state index in [2.05, 4.69) is 16.0 Å². The van der Waals surface area contributed by atoms with E-state index in [9.17, 15) is 24.6 Å². The molecule has 2 aromatic carbocycles. The maximum absolute atomic E-state index is 13.3. The summed E-state index contributed by atoms with van der Waals surface area (Å²) >= 11 is 0. The number of aromatic hydroxyl groups is 1. The first kappa shape index (κ1) is 27.8. The Labute approximate surface area is 206 Å². The average molecular weight is 485 g/mol. The van der Waals surface area contributed by atoms with Gasteiger partial charge in [-0.05, 0) is 36.6 Å². The molecule has 0 unspecified atom stereocenters. The third kappa shape index (κ3) is 9.38. The van der Waals surface area contributed by atoms with Crippen LogP contribution in [-0.2, 0) is 27.2 Å². The number of rotatable bonds is 13. The molecule has 9 heteroatoms. The second kappa shape index (κ2) is 14.1. The van der Waals surface area contributed by atoms with Crippen molar-refractivity contribution in [2.45, 2.75) is 63.8 Å². The van der Waals surface area contributed by atoms with Crippen LogP contribution in [0.25, 0.3) is 0 Å². The van der Waals surface area contributed by atoms with Crippen LogP contribution in [0.5, 0.6) is 5.75 Å². The van der Waals surface area contributed by atoms with Crippen molar-refractivity contribution in [3.63, 3.8) is 0 Å². The van der Waals surface area contributed by atoms with Crippen LogP contribution in [0.2, 0.25) is 0 Å². The molecule has 2 rings (SSSR count). The molecule has 7 N–H and O–H groups in total. The van der Waals surface area contributed by atoms with Crippen LogP contribution in [0.3, 0.4) is 0 Å². The summed E-state index contributed by atoms with van der Waals surface area (Å²) in [6, 6.07) is 12.4. The van der Waals surface area contributed by atoms with Crippen molar-refractivity contribution < 1.29 is 24.6 Å². The molecule has 0 radical (unpaired) electrons. The van der Waals surface area contributed by atoms with Gasteiger partial charge in [0.05, 0.1) is 6.10 Å². The van der Waals surface area contributed by atoms with Gasteiger partial charge in [0.15, 0.2) is 0 Å². The first-order valence-corrected chi connectivity index (χ1v) is 11.8. The third-order valence-electron chi connectivity index (χ3n) is 5.58. The molecule has 0 aliphatic rings. The smallest absolute Gasteiger partial charge is 0.243 e. The number of amides is 3. The number of carbonyl (C=O) groups excluding carboxylic acids is 3. The van der Waals surface area contributed by atoms with Gasteiger partial charge in [-0.2, -0.15) is 0 Å². The molecule has 0 aliphatic heterocycles. The highest BCUT2D eigenvalue weighted by Crippen LogP contribution is 2.12. The summed E-state index contributed by atoms with van der Waals surface area (Å²) in [7, 11) is 0. The number of phenols is 1. The molecule has 35 heavy (non-hydrogen) atoms. The van der Waals surface area contributed by atoms with E-state index in [1.165, 1.54) is 19.1 Å². The summed E-state index contributed by atoms with van der Waals surface area (Å²) in [5, 5.41) is 27.5. The quantitative estimate of drug-likeness (QED) is 0.231. The third-order valence-corrected chi connectivity index (χ3v) is 5.58. The Balaban J connectivity index is 2.23. The van der Waals surface area contributed by atoms with Gasteiger partial charge < -0.3 is 31.9 Å². The molecule has 0 saturated carbocycles. The molecule has 0 bridgehead atoms. The lowest BCUT2D eigenvalue weighted by Crippen LogP contribution is -2.58. The predicted octanol–water partition coefficient (Wildman–Crippen LogP) is 0.771. The fourth-order valence-corrected chi connectivity index (χ4v) is 3.41. The lowest BCUT2D eigenvalue weighted by molar-refractivity contribution is -0.133. The number of nitrogens with two attached hydrogens (primary N) is 1. The van der Waals surface area contributed by atoms with E-state index < -0.39 is 36.0 Å². The standard InChI is InChI=1S/C26H36N4O5/c1-3-4-14-28-24(33)21(15-18-8-6-5-7-9-18)29-25(34)22(30-26(35)23(27)17(2)31)16-19-10-12-20(32)13-11-19/h5-13,17,21-23,31-32H,3-4,14-16,27H2,1-2H3,(H,28,33)(H,29,34)(H,30,35)/t17-,21+,22+,23+/m1/s1. The van der Waals surface area contributed by atoms with Crippen molar-refractivity contribution in [2.24, 2.45) is 5.73 Å². The number of hydrogen-bond donors (Lipinski definition) is 6. The number of nitrogens with one attached hydrogen (secondary N) is 3. The van der Waals surface area contributed by atoms with Crippen LogP contribution >= 0.6 is 0 Å². The minimum atomic E-state index is -1.22. The highest BCUT2D eigenvalue weighted by Gasteiger charge is 2.29. The van der Waals surface area contributed by atoms with E-state index in [-0.39, 0.29) is 24.5 Å². The maximum atomic E-state index is 13.3. The van der Waals surface area contributed by atoms with Gasteiger partial charge in [-0.25, -0.2) is 0 Å². The summed E-state index contributed by atoms with van der Waals surface area (Å²) in [5.41, 5.74) is 7.31. The van der Waals surface area contributed by atoms with Gasteiger partial charge in [0.25, 0.3) is 0 Å². The van der Waals surface area contributed by atoms with Gasteiger partial charge in [-0.1, -0.05) is 55.8 Å². The zero-order valence-electron chi connectivity index (χ0n) is 20.2. The van der Waals surface area contributed by atoms with E-state index in [1.807, 2.05) is 37.3 Å². The molecule has 0 saturated heterocycles. The van der Waals surface area contributed by atoms with Crippen LogP contribution in [0.15, 0.2) is 54.6 Å². The first-order chi connectivity index (χ1) is 16.7. The highest BCUT2D eigenvalue weighted by atomic mass is 16.3. The molecule has 3 amide bonds. The minimum Gasteiger partial charge on any atom is -0.508 e. The Morgan fingerprint density at radius 1 is 0.857 bits per heavy atom. The highest BCUT2D eigenvalue weighted by molar-refractivity contribution is 5.93. The Hall–Kier alpha value is -3.43. The molecule has 0 aliphatic carbocycles. The number of aliphatic hydroxyl groups is 1. The molecule has 4 atom stereocenters. The van der Waals surface area contributed by atoms with E-state index in [0.29, 0.717) is 12.1 Å². The number of aliphatic hydroxyl groups excluding tert-OH is 1. The van der Waals surface area contributed by atoms with E-state index in [4.69, 9.17) is 5.73 Å². The molecule has 0 fully saturated rings. The average Bonchev–Trinajstić information content (AvgIpc) is 2.84. The van der Waals surface area contributed by atoms with Gasteiger partial charge >= 0.3 is 0 Å². The van der Waals surface area contributed by atoms with Crippen molar-refractivity contribution in [3.8, 4) is 5.75 Å². The number of unbranched alkanes of at least 4 members (excludes halogenated alkanes) is 1. The molecule has 0 spiro atoms. The van der Waals surface area contributed by atoms with Gasteiger partial charge in [0.1, 0.15) is 23.9 Å². The summed E-state index contributed by atoms with van der Waals surface area (Å²) in [6.07, 6.45) is 0.995. The van der Waals surface area contributed by atoms with Crippen molar-refractivity contribution in [2.75, 3.05) is 6.54 Å². The lowest BCUT2D eigenvalue weighted by Gasteiger charge is -2.25. The van der Waals surface area contributed by atoms with Crippen molar-refractivity contribution in [1.29, 1.82) is 0 Å². The van der Waals surface area contributed by atoms with Crippen LogP contribution in [-0.4, -0.2) is 58.7 Å². The zero-order chi connectivity index (χ0) is 25.8. The summed E-state index contributed by atoms with van der Waals surface area (Å²) < 4.78 is 0. The maximum Gasteiger partial charge on any atom is 0.243 e. The SMILES string of the molecule is CCCCNC(=O)[C@H](Cc1ccccc1)NC(=O)[C@H](Cc1ccc(O)cc1)NC(=O)[C@@H](N)[C@@H](C)O. The molecular formula is C26H36N4O5. The van der Waals surface area contributed by atoms with E-state index >= 15 is 0 Å². The first-order valence-electron chi connectivity index (χ1n) is 11.8. The number of benzene rings is 2. The van der Waals surface area contributed by atoms with Gasteiger partial charge in [0, 0.05) is 19.4 Å². The molecule has 2 aromatic rings. The van der Waals surface area contributed by atoms with Crippen LogP contribution in [0.4, 0.5) is 0 Å². The Morgan fingerprint density at radius 3 is 1.97 bits per heavy atom. The summed E-state index contributed by atoms with van der Waals surface area (Å²) in [6.45, 7) is 3.90. The second-order valence-electron chi connectivity index (χ2n) is 8.59. The number of hydrogen-bond acceptors (Lipinski definition) is 6. The molecule has 9 nitrogen and oxygen atoms in total. The Morgan fingerprint density at radius 2 is 1.40 bits per heavy atom. The number of carbonyl (C=O) groups is 3. The van der Waals surface area contributed by atoms with Crippen LogP contribution < -0.4 is 21.7 Å². The normalized spacial score (nSPS) is 14.3. The molecule has 0 heterocycles. The molecule has 0 aromatic heterocycles. The summed E-state index contributed by atoms with van der Waals surface area (Å²) in [5.74, 6) is -1.49. The van der Waals surface area contributed by atoms with Crippen molar-refractivity contribution in [1.82, 2.24) is 16.0 Å². The fraction of sp³-hybridized carbons (Fsp3) is 0.423. The topological polar surface area (TPSA) is 154 Å². The Bertz CT molecular complexity index is 950. The van der Waals surface area contributed by atoms with E-state index in [0.717, 1.165) is 18.4 Å². The second-order valence-corrected chi connectivity index (χ2v) is 8.59. The van der Waals surface area contributed by atoms with E-state index in [1.54, 1.807) is 12.1 Å². The lowest BCUT2D eigenvalue weighted by atomic mass is 10.0. The summed E-state index contributed by atoms with van der Waals surface area (Å²) in [4.78, 5) is 38.8. The number of phenolic OH excluding ortho intramolecular Hbond substituents is 1. The van der Waals surface area contributed by atoms with Crippen molar-refractivity contribution in [3.05, 3.63) is 65.7 Å². The molecule has 190 valence electrons.